The molecule has 9 heteroatoms. The topological polar surface area (TPSA) is 94.0 Å². The van der Waals surface area contributed by atoms with Crippen LogP contribution in [0, 0.1) is 6.92 Å². The molecule has 1 unspecified atom stereocenters. The van der Waals surface area contributed by atoms with Crippen molar-refractivity contribution >= 4 is 22.5 Å². The minimum Gasteiger partial charge on any atom is -0.463 e. The number of quaternary nitrogens is 1. The molecule has 2 atom stereocenters. The van der Waals surface area contributed by atoms with Crippen molar-refractivity contribution in [2.45, 2.75) is 57.8 Å². The van der Waals surface area contributed by atoms with E-state index >= 15 is 0 Å². The monoisotopic (exact) mass is 529 g/mol. The summed E-state index contributed by atoms with van der Waals surface area (Å²) in [4.78, 5) is 17.9. The van der Waals surface area contributed by atoms with Crippen molar-refractivity contribution < 1.29 is 9.32 Å². The van der Waals surface area contributed by atoms with Crippen molar-refractivity contribution in [3.8, 4) is 0 Å². The van der Waals surface area contributed by atoms with Gasteiger partial charge < -0.3 is 14.3 Å². The molecule has 0 radical (unpaired) electrons. The Kier molecular flexibility index (Phi) is 6.82. The van der Waals surface area contributed by atoms with Gasteiger partial charge in [-0.2, -0.15) is 0 Å². The Hall–Kier alpha value is -3.75. The number of aromatic amines is 1. The first-order valence-electron chi connectivity index (χ1n) is 13.1. The highest BCUT2D eigenvalue weighted by atomic mass is 35.5. The molecule has 2 aromatic carbocycles. The summed E-state index contributed by atoms with van der Waals surface area (Å²) in [6, 6.07) is 19.5. The Labute approximate surface area is 225 Å². The van der Waals surface area contributed by atoms with E-state index in [1.807, 2.05) is 66.2 Å². The molecule has 2 N–H and O–H groups in total. The van der Waals surface area contributed by atoms with Crippen molar-refractivity contribution in [1.82, 2.24) is 25.2 Å². The number of H-pyrrole nitrogens is 1. The van der Waals surface area contributed by atoms with E-state index in [1.165, 1.54) is 0 Å². The average molecular weight is 530 g/mol. The molecule has 194 valence electrons. The zero-order chi connectivity index (χ0) is 26.1. The van der Waals surface area contributed by atoms with Gasteiger partial charge in [0.2, 0.25) is 5.82 Å². The van der Waals surface area contributed by atoms with Crippen LogP contribution in [-0.4, -0.2) is 25.2 Å². The van der Waals surface area contributed by atoms with Crippen molar-refractivity contribution in [2.75, 3.05) is 0 Å². The number of nitrogens with one attached hydrogen (secondary N) is 2. The van der Waals surface area contributed by atoms with Gasteiger partial charge in [0.25, 0.3) is 5.56 Å². The second-order valence-electron chi connectivity index (χ2n) is 10.2. The van der Waals surface area contributed by atoms with E-state index in [-0.39, 0.29) is 11.6 Å². The zero-order valence-electron chi connectivity index (χ0n) is 21.2. The van der Waals surface area contributed by atoms with Crippen LogP contribution in [0.1, 0.15) is 66.0 Å². The fourth-order valence-corrected chi connectivity index (χ4v) is 5.89. The maximum absolute atomic E-state index is 13.7. The summed E-state index contributed by atoms with van der Waals surface area (Å²) in [5.41, 5.74) is 3.37. The van der Waals surface area contributed by atoms with Crippen LogP contribution in [0.5, 0.6) is 0 Å². The molecule has 1 aliphatic rings. The molecule has 38 heavy (non-hydrogen) atoms. The van der Waals surface area contributed by atoms with Gasteiger partial charge in [-0.1, -0.05) is 54.3 Å². The minimum atomic E-state index is -0.458. The largest absolute Gasteiger partial charge is 0.463 e. The lowest BCUT2D eigenvalue weighted by Crippen LogP contribution is -3.10. The summed E-state index contributed by atoms with van der Waals surface area (Å²) in [7, 11) is 0. The van der Waals surface area contributed by atoms with Crippen LogP contribution in [0.3, 0.4) is 0 Å². The van der Waals surface area contributed by atoms with Crippen LogP contribution in [0.2, 0.25) is 5.02 Å². The first-order chi connectivity index (χ1) is 18.6. The van der Waals surface area contributed by atoms with Crippen LogP contribution >= 0.6 is 11.6 Å². The van der Waals surface area contributed by atoms with Crippen molar-refractivity contribution in [3.63, 3.8) is 0 Å². The SMILES string of the molecule is Cc1ccc2[nH]c(=O)c([C@@H](c3nnnn3C3CCCC3)[NH+](Cc3ccco3)Cc3ccccc3Cl)cc2c1. The normalized spacial score (nSPS) is 15.7. The number of halogens is 1. The Balaban J connectivity index is 1.55. The van der Waals surface area contributed by atoms with Gasteiger partial charge in [0, 0.05) is 16.1 Å². The molecule has 0 bridgehead atoms. The molecule has 1 aliphatic carbocycles. The van der Waals surface area contributed by atoms with Gasteiger partial charge in [0.05, 0.1) is 17.9 Å². The maximum Gasteiger partial charge on any atom is 0.258 e. The Morgan fingerprint density at radius 2 is 1.95 bits per heavy atom. The van der Waals surface area contributed by atoms with Crippen LogP contribution < -0.4 is 10.5 Å². The fraction of sp³-hybridized carbons (Fsp3) is 0.310. The number of pyridine rings is 1. The molecule has 3 aromatic heterocycles. The lowest BCUT2D eigenvalue weighted by atomic mass is 10.0. The van der Waals surface area contributed by atoms with Gasteiger partial charge in [-0.25, -0.2) is 4.68 Å². The number of rotatable bonds is 8. The molecule has 1 saturated carbocycles. The molecule has 8 nitrogen and oxygen atoms in total. The number of aryl methyl sites for hydroxylation is 1. The van der Waals surface area contributed by atoms with Crippen LogP contribution in [0.4, 0.5) is 0 Å². The molecule has 0 spiro atoms. The maximum atomic E-state index is 13.7. The molecular weight excluding hydrogens is 500 g/mol. The van der Waals surface area contributed by atoms with Gasteiger partial charge in [0.1, 0.15) is 13.1 Å². The lowest BCUT2D eigenvalue weighted by Gasteiger charge is -2.28. The van der Waals surface area contributed by atoms with E-state index in [1.54, 1.807) is 6.26 Å². The number of aromatic nitrogens is 5. The Morgan fingerprint density at radius 3 is 2.74 bits per heavy atom. The number of hydrogen-bond acceptors (Lipinski definition) is 5. The summed E-state index contributed by atoms with van der Waals surface area (Å²) >= 11 is 6.64. The van der Waals surface area contributed by atoms with Crippen LogP contribution in [0.15, 0.2) is 76.1 Å². The Bertz CT molecular complexity index is 1600. The van der Waals surface area contributed by atoms with E-state index in [4.69, 9.17) is 16.0 Å². The number of furan rings is 1. The number of hydrogen-bond donors (Lipinski definition) is 2. The highest BCUT2D eigenvalue weighted by molar-refractivity contribution is 6.31. The van der Waals surface area contributed by atoms with E-state index in [2.05, 4.69) is 26.6 Å². The molecule has 5 aromatic rings. The van der Waals surface area contributed by atoms with E-state index in [9.17, 15) is 4.79 Å². The molecular formula is C29H30ClN6O2+. The summed E-state index contributed by atoms with van der Waals surface area (Å²) < 4.78 is 7.73. The van der Waals surface area contributed by atoms with E-state index in [0.717, 1.165) is 58.4 Å². The first kappa shape index (κ1) is 24.6. The highest BCUT2D eigenvalue weighted by Gasteiger charge is 2.37. The second-order valence-corrected chi connectivity index (χ2v) is 10.6. The number of benzene rings is 2. The zero-order valence-corrected chi connectivity index (χ0v) is 22.0. The third kappa shape index (κ3) is 4.89. The quantitative estimate of drug-likeness (QED) is 0.307. The minimum absolute atomic E-state index is 0.150. The summed E-state index contributed by atoms with van der Waals surface area (Å²) in [5, 5.41) is 14.8. The van der Waals surface area contributed by atoms with Gasteiger partial charge in [0.15, 0.2) is 11.8 Å². The number of nitrogens with zero attached hydrogens (tertiary/aromatic N) is 4. The third-order valence-electron chi connectivity index (χ3n) is 7.55. The summed E-state index contributed by atoms with van der Waals surface area (Å²) in [5.74, 6) is 1.49. The smallest absolute Gasteiger partial charge is 0.258 e. The molecule has 0 aliphatic heterocycles. The predicted molar refractivity (Wildman–Crippen MR) is 145 cm³/mol. The number of tetrazole rings is 1. The summed E-state index contributed by atoms with van der Waals surface area (Å²) in [6.07, 6.45) is 6.01. The highest BCUT2D eigenvalue weighted by Crippen LogP contribution is 2.31. The molecule has 0 saturated heterocycles. The average Bonchev–Trinajstić information content (AvgIpc) is 3.69. The standard InChI is InChI=1S/C29H29ClN6O2/c1-19-12-13-26-21(15-19)16-24(29(37)31-26)27(28-32-33-34-36(28)22-8-3-4-9-22)35(18-23-10-6-14-38-23)17-20-7-2-5-11-25(20)30/h2,5-7,10-16,22,27H,3-4,8-9,17-18H2,1H3,(H,31,37)/p+1/t27-/m0/s1. The molecule has 6 rings (SSSR count). The Morgan fingerprint density at radius 1 is 1.11 bits per heavy atom. The third-order valence-corrected chi connectivity index (χ3v) is 7.92. The van der Waals surface area contributed by atoms with Crippen molar-refractivity contribution in [3.05, 3.63) is 111 Å². The fourth-order valence-electron chi connectivity index (χ4n) is 5.69. The molecule has 1 fully saturated rings. The second kappa shape index (κ2) is 10.6. The van der Waals surface area contributed by atoms with Gasteiger partial charge in [-0.3, -0.25) is 4.79 Å². The van der Waals surface area contributed by atoms with E-state index in [0.29, 0.717) is 29.5 Å². The summed E-state index contributed by atoms with van der Waals surface area (Å²) in [6.45, 7) is 3.12. The van der Waals surface area contributed by atoms with Crippen molar-refractivity contribution in [2.24, 2.45) is 0 Å². The van der Waals surface area contributed by atoms with Crippen molar-refractivity contribution in [1.29, 1.82) is 0 Å². The number of fused-ring (bicyclic) bond motifs is 1. The lowest BCUT2D eigenvalue weighted by molar-refractivity contribution is -0.954. The van der Waals surface area contributed by atoms with Crippen LogP contribution in [0.25, 0.3) is 10.9 Å². The first-order valence-corrected chi connectivity index (χ1v) is 13.5. The van der Waals surface area contributed by atoms with Gasteiger partial charge in [-0.05, 0) is 72.0 Å². The van der Waals surface area contributed by atoms with Gasteiger partial charge in [-0.15, -0.1) is 5.10 Å². The van der Waals surface area contributed by atoms with Gasteiger partial charge >= 0.3 is 0 Å². The predicted octanol–water partition coefficient (Wildman–Crippen LogP) is 4.56. The molecule has 0 amide bonds. The van der Waals surface area contributed by atoms with E-state index < -0.39 is 6.04 Å². The molecule has 3 heterocycles. The van der Waals surface area contributed by atoms with Crippen LogP contribution in [-0.2, 0) is 13.1 Å².